The summed E-state index contributed by atoms with van der Waals surface area (Å²) in [6.45, 7) is 3.20. The number of benzene rings is 1. The van der Waals surface area contributed by atoms with Gasteiger partial charge in [-0.25, -0.2) is 0 Å². The second kappa shape index (κ2) is 8.39. The van der Waals surface area contributed by atoms with E-state index in [0.29, 0.717) is 25.1 Å². The van der Waals surface area contributed by atoms with Gasteiger partial charge in [-0.1, -0.05) is 37.3 Å². The lowest BCUT2D eigenvalue weighted by atomic mass is 10.1. The van der Waals surface area contributed by atoms with Crippen molar-refractivity contribution >= 4 is 5.91 Å². The van der Waals surface area contributed by atoms with Crippen molar-refractivity contribution < 1.29 is 9.90 Å². The van der Waals surface area contributed by atoms with Crippen molar-refractivity contribution in [1.82, 2.24) is 9.88 Å². The van der Waals surface area contributed by atoms with Gasteiger partial charge in [-0.3, -0.25) is 4.79 Å². The Balaban J connectivity index is 1.87. The summed E-state index contributed by atoms with van der Waals surface area (Å²) in [4.78, 5) is 12.2. The molecule has 0 aliphatic carbocycles. The Labute approximate surface area is 131 Å². The van der Waals surface area contributed by atoms with Gasteiger partial charge >= 0.3 is 0 Å². The Morgan fingerprint density at radius 1 is 1.23 bits per heavy atom. The third-order valence-electron chi connectivity index (χ3n) is 3.78. The Morgan fingerprint density at radius 2 is 2.00 bits per heavy atom. The number of nitrogens with one attached hydrogen (secondary N) is 1. The number of aryl methyl sites for hydroxylation is 2. The summed E-state index contributed by atoms with van der Waals surface area (Å²) in [5.41, 5.74) is 1.93. The number of hydrogen-bond acceptors (Lipinski definition) is 2. The minimum atomic E-state index is -0.342. The zero-order chi connectivity index (χ0) is 15.8. The highest BCUT2D eigenvalue weighted by Gasteiger charge is 2.11. The van der Waals surface area contributed by atoms with E-state index in [1.165, 1.54) is 5.56 Å². The number of carbonyl (C=O) groups excluding carboxylic acids is 1. The van der Waals surface area contributed by atoms with E-state index in [2.05, 4.69) is 17.4 Å². The number of rotatable bonds is 8. The van der Waals surface area contributed by atoms with Gasteiger partial charge in [-0.05, 0) is 37.0 Å². The normalized spacial score (nSPS) is 12.1. The van der Waals surface area contributed by atoms with Crippen LogP contribution in [0.15, 0.2) is 48.7 Å². The van der Waals surface area contributed by atoms with Crippen molar-refractivity contribution in [2.75, 3.05) is 6.54 Å². The number of carbonyl (C=O) groups is 1. The van der Waals surface area contributed by atoms with Crippen LogP contribution in [-0.2, 0) is 13.0 Å². The smallest absolute Gasteiger partial charge is 0.267 e. The van der Waals surface area contributed by atoms with Crippen LogP contribution in [0.5, 0.6) is 0 Å². The molecule has 0 aliphatic heterocycles. The summed E-state index contributed by atoms with van der Waals surface area (Å²) in [6, 6.07) is 14.0. The fourth-order valence-electron chi connectivity index (χ4n) is 2.36. The average molecular weight is 300 g/mol. The van der Waals surface area contributed by atoms with E-state index in [4.69, 9.17) is 0 Å². The second-order valence-corrected chi connectivity index (χ2v) is 5.43. The SMILES string of the molecule is CCC(O)CCNC(=O)c1cccn1CCc1ccccc1. The van der Waals surface area contributed by atoms with Crippen molar-refractivity contribution in [3.63, 3.8) is 0 Å². The largest absolute Gasteiger partial charge is 0.393 e. The van der Waals surface area contributed by atoms with E-state index in [-0.39, 0.29) is 12.0 Å². The zero-order valence-corrected chi connectivity index (χ0v) is 13.0. The van der Waals surface area contributed by atoms with Gasteiger partial charge in [0.2, 0.25) is 0 Å². The van der Waals surface area contributed by atoms with Crippen LogP contribution in [0.1, 0.15) is 35.8 Å². The molecule has 118 valence electrons. The number of amides is 1. The molecule has 4 heteroatoms. The van der Waals surface area contributed by atoms with Gasteiger partial charge in [0.1, 0.15) is 5.69 Å². The first-order chi connectivity index (χ1) is 10.7. The maximum Gasteiger partial charge on any atom is 0.267 e. The molecule has 0 aliphatic rings. The molecule has 2 aromatic rings. The van der Waals surface area contributed by atoms with E-state index in [9.17, 15) is 9.90 Å². The van der Waals surface area contributed by atoms with Gasteiger partial charge in [-0.15, -0.1) is 0 Å². The summed E-state index contributed by atoms with van der Waals surface area (Å²) in [5, 5.41) is 12.4. The fourth-order valence-corrected chi connectivity index (χ4v) is 2.36. The van der Waals surface area contributed by atoms with Crippen molar-refractivity contribution in [2.45, 2.75) is 38.8 Å². The summed E-state index contributed by atoms with van der Waals surface area (Å²) < 4.78 is 1.97. The quantitative estimate of drug-likeness (QED) is 0.787. The average Bonchev–Trinajstić information content (AvgIpc) is 3.02. The van der Waals surface area contributed by atoms with Gasteiger partial charge in [0.15, 0.2) is 0 Å². The Morgan fingerprint density at radius 3 is 2.73 bits per heavy atom. The van der Waals surface area contributed by atoms with E-state index >= 15 is 0 Å². The van der Waals surface area contributed by atoms with Crippen LogP contribution in [0.4, 0.5) is 0 Å². The molecule has 1 unspecified atom stereocenters. The van der Waals surface area contributed by atoms with Gasteiger partial charge < -0.3 is 15.0 Å². The number of aliphatic hydroxyl groups excluding tert-OH is 1. The van der Waals surface area contributed by atoms with Gasteiger partial charge in [-0.2, -0.15) is 0 Å². The highest BCUT2D eigenvalue weighted by atomic mass is 16.3. The minimum Gasteiger partial charge on any atom is -0.393 e. The van der Waals surface area contributed by atoms with Gasteiger partial charge in [0, 0.05) is 19.3 Å². The molecule has 1 heterocycles. The summed E-state index contributed by atoms with van der Waals surface area (Å²) >= 11 is 0. The molecule has 0 saturated carbocycles. The Hall–Kier alpha value is -2.07. The van der Waals surface area contributed by atoms with Crippen LogP contribution >= 0.6 is 0 Å². The first-order valence-electron chi connectivity index (χ1n) is 7.86. The molecule has 0 bridgehead atoms. The molecule has 0 saturated heterocycles. The molecule has 1 atom stereocenters. The lowest BCUT2D eigenvalue weighted by molar-refractivity contribution is 0.0932. The molecule has 2 N–H and O–H groups in total. The van der Waals surface area contributed by atoms with E-state index < -0.39 is 0 Å². The van der Waals surface area contributed by atoms with Crippen LogP contribution in [0.3, 0.4) is 0 Å². The fraction of sp³-hybridized carbons (Fsp3) is 0.389. The van der Waals surface area contributed by atoms with E-state index in [0.717, 1.165) is 13.0 Å². The molecular weight excluding hydrogens is 276 g/mol. The molecule has 0 fully saturated rings. The first kappa shape index (κ1) is 16.3. The molecule has 1 aromatic carbocycles. The molecule has 0 radical (unpaired) electrons. The van der Waals surface area contributed by atoms with Crippen molar-refractivity contribution in [3.8, 4) is 0 Å². The lowest BCUT2D eigenvalue weighted by Crippen LogP contribution is -2.29. The topological polar surface area (TPSA) is 54.3 Å². The second-order valence-electron chi connectivity index (χ2n) is 5.43. The molecule has 4 nitrogen and oxygen atoms in total. The standard InChI is InChI=1S/C18H24N2O2/c1-2-16(21)10-12-19-18(22)17-9-6-13-20(17)14-11-15-7-4-3-5-8-15/h3-9,13,16,21H,2,10-12,14H2,1H3,(H,19,22). The van der Waals surface area contributed by atoms with Crippen molar-refractivity contribution in [2.24, 2.45) is 0 Å². The van der Waals surface area contributed by atoms with E-state index in [1.807, 2.05) is 48.0 Å². The Kier molecular flexibility index (Phi) is 6.22. The first-order valence-corrected chi connectivity index (χ1v) is 7.86. The Bertz CT molecular complexity index is 578. The van der Waals surface area contributed by atoms with Crippen LogP contribution in [0.25, 0.3) is 0 Å². The number of aromatic nitrogens is 1. The summed E-state index contributed by atoms with van der Waals surface area (Å²) in [5.74, 6) is -0.0821. The summed E-state index contributed by atoms with van der Waals surface area (Å²) in [6.07, 6.45) is 3.78. The highest BCUT2D eigenvalue weighted by molar-refractivity contribution is 5.92. The van der Waals surface area contributed by atoms with Crippen LogP contribution < -0.4 is 5.32 Å². The molecule has 22 heavy (non-hydrogen) atoms. The van der Waals surface area contributed by atoms with Crippen LogP contribution in [-0.4, -0.2) is 28.2 Å². The zero-order valence-electron chi connectivity index (χ0n) is 13.0. The number of hydrogen-bond donors (Lipinski definition) is 2. The minimum absolute atomic E-state index is 0.0821. The van der Waals surface area contributed by atoms with Crippen LogP contribution in [0, 0.1) is 0 Å². The maximum atomic E-state index is 12.2. The number of nitrogens with zero attached hydrogens (tertiary/aromatic N) is 1. The highest BCUT2D eigenvalue weighted by Crippen LogP contribution is 2.07. The van der Waals surface area contributed by atoms with Crippen molar-refractivity contribution in [3.05, 3.63) is 59.9 Å². The molecule has 0 spiro atoms. The maximum absolute atomic E-state index is 12.2. The van der Waals surface area contributed by atoms with Crippen molar-refractivity contribution in [1.29, 1.82) is 0 Å². The summed E-state index contributed by atoms with van der Waals surface area (Å²) in [7, 11) is 0. The van der Waals surface area contributed by atoms with E-state index in [1.54, 1.807) is 0 Å². The lowest BCUT2D eigenvalue weighted by Gasteiger charge is -2.11. The van der Waals surface area contributed by atoms with Gasteiger partial charge in [0.05, 0.1) is 6.10 Å². The monoisotopic (exact) mass is 300 g/mol. The number of aliphatic hydroxyl groups is 1. The molecule has 1 amide bonds. The molecule has 1 aromatic heterocycles. The third kappa shape index (κ3) is 4.74. The predicted octanol–water partition coefficient (Wildman–Crippen LogP) is 2.62. The van der Waals surface area contributed by atoms with Gasteiger partial charge in [0.25, 0.3) is 5.91 Å². The predicted molar refractivity (Wildman–Crippen MR) is 87.8 cm³/mol. The third-order valence-corrected chi connectivity index (χ3v) is 3.78. The van der Waals surface area contributed by atoms with Crippen LogP contribution in [0.2, 0.25) is 0 Å². The molecule has 2 rings (SSSR count). The molecular formula is C18H24N2O2.